The van der Waals surface area contributed by atoms with E-state index in [1.165, 1.54) is 18.3 Å². The summed E-state index contributed by atoms with van der Waals surface area (Å²) in [6, 6.07) is 2.88. The molecule has 18 heavy (non-hydrogen) atoms. The Hall–Kier alpha value is -0.690. The van der Waals surface area contributed by atoms with Crippen LogP contribution in [0.1, 0.15) is 19.3 Å². The predicted octanol–water partition coefficient (Wildman–Crippen LogP) is 1.58. The zero-order valence-electron chi connectivity index (χ0n) is 9.80. The van der Waals surface area contributed by atoms with Gasteiger partial charge in [-0.1, -0.05) is 11.6 Å². The molecule has 0 aliphatic carbocycles. The normalized spacial score (nSPS) is 20.8. The molecule has 1 atom stereocenters. The third-order valence-corrected chi connectivity index (χ3v) is 4.42. The summed E-state index contributed by atoms with van der Waals surface area (Å²) in [4.78, 5) is 3.87. The van der Waals surface area contributed by atoms with E-state index in [9.17, 15) is 8.42 Å². The van der Waals surface area contributed by atoms with Gasteiger partial charge in [-0.2, -0.15) is 0 Å². The molecule has 0 radical (unpaired) electrons. The quantitative estimate of drug-likeness (QED) is 0.855. The lowest BCUT2D eigenvalue weighted by molar-refractivity contribution is 0.0200. The molecule has 1 saturated heterocycles. The van der Waals surface area contributed by atoms with Crippen LogP contribution in [0.2, 0.25) is 5.15 Å². The highest BCUT2D eigenvalue weighted by atomic mass is 35.5. The monoisotopic (exact) mass is 290 g/mol. The van der Waals surface area contributed by atoms with E-state index in [1.807, 2.05) is 0 Å². The Bertz CT molecular complexity index is 484. The maximum Gasteiger partial charge on any atom is 0.242 e. The lowest BCUT2D eigenvalue weighted by Gasteiger charge is -2.22. The van der Waals surface area contributed by atoms with Crippen molar-refractivity contribution in [2.75, 3.05) is 13.2 Å². The largest absolute Gasteiger partial charge is 0.377 e. The summed E-state index contributed by atoms with van der Waals surface area (Å²) in [5.41, 5.74) is 0. The molecular weight excluding hydrogens is 276 g/mol. The van der Waals surface area contributed by atoms with Gasteiger partial charge in [0.05, 0.1) is 6.10 Å². The van der Waals surface area contributed by atoms with Crippen LogP contribution in [0.15, 0.2) is 23.2 Å². The SMILES string of the molecule is O=S(=O)(NCC1CCCCO1)c1ccc(Cl)nc1. The first-order valence-corrected chi connectivity index (χ1v) is 7.67. The minimum atomic E-state index is -3.53. The molecule has 5 nitrogen and oxygen atoms in total. The fourth-order valence-corrected chi connectivity index (χ4v) is 2.90. The van der Waals surface area contributed by atoms with Gasteiger partial charge in [0.25, 0.3) is 0 Å². The molecule has 0 aromatic carbocycles. The minimum absolute atomic E-state index is 0.0335. The van der Waals surface area contributed by atoms with E-state index < -0.39 is 10.0 Å². The van der Waals surface area contributed by atoms with Crippen LogP contribution in [-0.4, -0.2) is 32.7 Å². The van der Waals surface area contributed by atoms with E-state index in [2.05, 4.69) is 9.71 Å². The molecule has 7 heteroatoms. The molecule has 1 aliphatic heterocycles. The third-order valence-electron chi connectivity index (χ3n) is 2.79. The number of hydrogen-bond acceptors (Lipinski definition) is 4. The van der Waals surface area contributed by atoms with Crippen LogP contribution in [0.4, 0.5) is 0 Å². The molecule has 1 aliphatic rings. The van der Waals surface area contributed by atoms with Crippen LogP contribution in [0.25, 0.3) is 0 Å². The number of pyridine rings is 1. The van der Waals surface area contributed by atoms with Gasteiger partial charge in [-0.3, -0.25) is 0 Å². The van der Waals surface area contributed by atoms with Crippen molar-refractivity contribution in [1.29, 1.82) is 0 Å². The average molecular weight is 291 g/mol. The lowest BCUT2D eigenvalue weighted by atomic mass is 10.1. The van der Waals surface area contributed by atoms with Crippen molar-refractivity contribution in [2.24, 2.45) is 0 Å². The molecule has 1 N–H and O–H groups in total. The van der Waals surface area contributed by atoms with E-state index in [1.54, 1.807) is 0 Å². The summed E-state index contributed by atoms with van der Waals surface area (Å²) in [5, 5.41) is 0.268. The number of rotatable bonds is 4. The molecular formula is C11H15ClN2O3S. The summed E-state index contributed by atoms with van der Waals surface area (Å²) in [7, 11) is -3.53. The second kappa shape index (κ2) is 5.97. The number of halogens is 1. The molecule has 0 spiro atoms. The summed E-state index contributed by atoms with van der Waals surface area (Å²) in [6.45, 7) is 1.000. The molecule has 100 valence electrons. The number of aromatic nitrogens is 1. The molecule has 1 aromatic rings. The fraction of sp³-hybridized carbons (Fsp3) is 0.545. The van der Waals surface area contributed by atoms with Gasteiger partial charge in [0.15, 0.2) is 0 Å². The standard InChI is InChI=1S/C11H15ClN2O3S/c12-11-5-4-10(8-13-11)18(15,16)14-7-9-3-1-2-6-17-9/h4-5,8-9,14H,1-3,6-7H2. The summed E-state index contributed by atoms with van der Waals surface area (Å²) in [6.07, 6.45) is 4.22. The van der Waals surface area contributed by atoms with Gasteiger partial charge in [0.2, 0.25) is 10.0 Å². The van der Waals surface area contributed by atoms with Crippen LogP contribution in [-0.2, 0) is 14.8 Å². The Morgan fingerprint density at radius 2 is 2.28 bits per heavy atom. The van der Waals surface area contributed by atoms with Gasteiger partial charge in [-0.25, -0.2) is 18.1 Å². The van der Waals surface area contributed by atoms with Crippen molar-refractivity contribution in [2.45, 2.75) is 30.3 Å². The van der Waals surface area contributed by atoms with Crippen molar-refractivity contribution < 1.29 is 13.2 Å². The van der Waals surface area contributed by atoms with Gasteiger partial charge in [-0.05, 0) is 31.4 Å². The lowest BCUT2D eigenvalue weighted by Crippen LogP contribution is -2.35. The Labute approximate surface area is 112 Å². The zero-order valence-corrected chi connectivity index (χ0v) is 11.4. The van der Waals surface area contributed by atoms with Crippen LogP contribution in [0.5, 0.6) is 0 Å². The van der Waals surface area contributed by atoms with Gasteiger partial charge in [-0.15, -0.1) is 0 Å². The number of nitrogens with one attached hydrogen (secondary N) is 1. The van der Waals surface area contributed by atoms with E-state index in [0.717, 1.165) is 19.3 Å². The van der Waals surface area contributed by atoms with E-state index >= 15 is 0 Å². The summed E-state index contributed by atoms with van der Waals surface area (Å²) in [5.74, 6) is 0. The average Bonchev–Trinajstić information content (AvgIpc) is 2.38. The topological polar surface area (TPSA) is 68.3 Å². The molecule has 1 aromatic heterocycles. The molecule has 0 bridgehead atoms. The Morgan fingerprint density at radius 3 is 2.89 bits per heavy atom. The van der Waals surface area contributed by atoms with Crippen molar-refractivity contribution in [3.8, 4) is 0 Å². The van der Waals surface area contributed by atoms with Crippen molar-refractivity contribution >= 4 is 21.6 Å². The smallest absolute Gasteiger partial charge is 0.242 e. The van der Waals surface area contributed by atoms with Gasteiger partial charge in [0.1, 0.15) is 10.0 Å². The number of nitrogens with zero attached hydrogens (tertiary/aromatic N) is 1. The number of hydrogen-bond donors (Lipinski definition) is 1. The fourth-order valence-electron chi connectivity index (χ4n) is 1.78. The second-order valence-corrected chi connectivity index (χ2v) is 6.31. The third kappa shape index (κ3) is 3.65. The van der Waals surface area contributed by atoms with Crippen molar-refractivity contribution in [3.63, 3.8) is 0 Å². The summed E-state index contributed by atoms with van der Waals surface area (Å²) >= 11 is 5.61. The molecule has 0 amide bonds. The first-order valence-electron chi connectivity index (χ1n) is 5.81. The molecule has 0 saturated carbocycles. The van der Waals surface area contributed by atoms with E-state index in [0.29, 0.717) is 13.2 Å². The van der Waals surface area contributed by atoms with Gasteiger partial charge < -0.3 is 4.74 Å². The predicted molar refractivity (Wildman–Crippen MR) is 68.0 cm³/mol. The van der Waals surface area contributed by atoms with Crippen LogP contribution >= 0.6 is 11.6 Å². The van der Waals surface area contributed by atoms with Gasteiger partial charge >= 0.3 is 0 Å². The van der Waals surface area contributed by atoms with Crippen LogP contribution < -0.4 is 4.72 Å². The highest BCUT2D eigenvalue weighted by molar-refractivity contribution is 7.89. The van der Waals surface area contributed by atoms with Gasteiger partial charge in [0, 0.05) is 19.3 Å². The number of sulfonamides is 1. The highest BCUT2D eigenvalue weighted by Crippen LogP contribution is 2.14. The minimum Gasteiger partial charge on any atom is -0.377 e. The van der Waals surface area contributed by atoms with Crippen molar-refractivity contribution in [3.05, 3.63) is 23.5 Å². The summed E-state index contributed by atoms with van der Waals surface area (Å²) < 4.78 is 31.9. The second-order valence-electron chi connectivity index (χ2n) is 4.16. The maximum absolute atomic E-state index is 11.9. The maximum atomic E-state index is 11.9. The first-order chi connectivity index (χ1) is 8.58. The Morgan fingerprint density at radius 1 is 1.44 bits per heavy atom. The van der Waals surface area contributed by atoms with Crippen LogP contribution in [0, 0.1) is 0 Å². The Kier molecular flexibility index (Phi) is 4.55. The van der Waals surface area contributed by atoms with Crippen molar-refractivity contribution in [1.82, 2.24) is 9.71 Å². The molecule has 1 unspecified atom stereocenters. The highest BCUT2D eigenvalue weighted by Gasteiger charge is 2.19. The molecule has 2 heterocycles. The molecule has 2 rings (SSSR count). The Balaban J connectivity index is 1.96. The van der Waals surface area contributed by atoms with E-state index in [-0.39, 0.29) is 16.2 Å². The van der Waals surface area contributed by atoms with E-state index in [4.69, 9.17) is 16.3 Å². The zero-order chi connectivity index (χ0) is 13.0. The number of ether oxygens (including phenoxy) is 1. The van der Waals surface area contributed by atoms with Crippen LogP contribution in [0.3, 0.4) is 0 Å². The first kappa shape index (κ1) is 13.7. The molecule has 1 fully saturated rings.